The Morgan fingerprint density at radius 1 is 1.32 bits per heavy atom. The van der Waals surface area contributed by atoms with Crippen LogP contribution in [0.2, 0.25) is 0 Å². The Balaban J connectivity index is 2.35. The summed E-state index contributed by atoms with van der Waals surface area (Å²) in [6.07, 6.45) is 1.12. The zero-order chi connectivity index (χ0) is 14.3. The van der Waals surface area contributed by atoms with Gasteiger partial charge < -0.3 is 14.6 Å². The number of carbonyl (C=O) groups is 2. The van der Waals surface area contributed by atoms with Gasteiger partial charge in [-0.15, -0.1) is 0 Å². The molecule has 0 bridgehead atoms. The van der Waals surface area contributed by atoms with Crippen LogP contribution in [-0.4, -0.2) is 41.8 Å². The van der Waals surface area contributed by atoms with Gasteiger partial charge in [-0.3, -0.25) is 0 Å². The highest BCUT2D eigenvalue weighted by Gasteiger charge is 2.10. The standard InChI is InChI=1S/C13H17NO5/c1-9(2)8-18-5-6-19-13(17)11-4-3-10(7-14-11)12(15)16/h3-4,7,9H,5-6,8H2,1-2H3,(H,15,16). The molecule has 19 heavy (non-hydrogen) atoms. The van der Waals surface area contributed by atoms with Crippen LogP contribution in [0, 0.1) is 5.92 Å². The van der Waals surface area contributed by atoms with Crippen LogP contribution in [0.3, 0.4) is 0 Å². The number of nitrogens with zero attached hydrogens (tertiary/aromatic N) is 1. The first kappa shape index (κ1) is 15.1. The fourth-order valence-electron chi connectivity index (χ4n) is 1.23. The normalized spacial score (nSPS) is 10.5. The molecular formula is C13H17NO5. The Hall–Kier alpha value is -1.95. The molecule has 1 aromatic rings. The van der Waals surface area contributed by atoms with Crippen molar-refractivity contribution in [2.24, 2.45) is 5.92 Å². The fourth-order valence-corrected chi connectivity index (χ4v) is 1.23. The van der Waals surface area contributed by atoms with Gasteiger partial charge in [0.15, 0.2) is 0 Å². The molecule has 1 heterocycles. The summed E-state index contributed by atoms with van der Waals surface area (Å²) in [4.78, 5) is 25.9. The molecule has 6 nitrogen and oxygen atoms in total. The summed E-state index contributed by atoms with van der Waals surface area (Å²) < 4.78 is 10.2. The van der Waals surface area contributed by atoms with Crippen LogP contribution in [0.1, 0.15) is 34.7 Å². The van der Waals surface area contributed by atoms with Gasteiger partial charge in [0.2, 0.25) is 0 Å². The van der Waals surface area contributed by atoms with Crippen molar-refractivity contribution in [3.63, 3.8) is 0 Å². The van der Waals surface area contributed by atoms with E-state index in [1.807, 2.05) is 13.8 Å². The van der Waals surface area contributed by atoms with E-state index in [4.69, 9.17) is 14.6 Å². The molecule has 0 unspecified atom stereocenters. The van der Waals surface area contributed by atoms with Crippen molar-refractivity contribution in [3.8, 4) is 0 Å². The van der Waals surface area contributed by atoms with Crippen LogP contribution in [-0.2, 0) is 9.47 Å². The molecule has 0 saturated carbocycles. The van der Waals surface area contributed by atoms with Gasteiger partial charge in [0.1, 0.15) is 12.3 Å². The monoisotopic (exact) mass is 267 g/mol. The van der Waals surface area contributed by atoms with Gasteiger partial charge in [-0.2, -0.15) is 0 Å². The minimum atomic E-state index is -1.09. The molecule has 0 aromatic carbocycles. The number of carboxylic acid groups (broad SMARTS) is 1. The van der Waals surface area contributed by atoms with E-state index in [-0.39, 0.29) is 17.9 Å². The van der Waals surface area contributed by atoms with Gasteiger partial charge in [-0.05, 0) is 18.1 Å². The average Bonchev–Trinajstić information content (AvgIpc) is 2.37. The summed E-state index contributed by atoms with van der Waals surface area (Å²) in [5.74, 6) is -1.25. The van der Waals surface area contributed by atoms with E-state index < -0.39 is 11.9 Å². The summed E-state index contributed by atoms with van der Waals surface area (Å²) in [7, 11) is 0. The first-order chi connectivity index (χ1) is 9.00. The van der Waals surface area contributed by atoms with Crippen LogP contribution >= 0.6 is 0 Å². The van der Waals surface area contributed by atoms with Gasteiger partial charge in [0, 0.05) is 12.8 Å². The molecule has 0 aliphatic rings. The fraction of sp³-hybridized carbons (Fsp3) is 0.462. The highest BCUT2D eigenvalue weighted by molar-refractivity contribution is 5.90. The zero-order valence-corrected chi connectivity index (χ0v) is 11.0. The highest BCUT2D eigenvalue weighted by Crippen LogP contribution is 2.02. The molecule has 0 aliphatic carbocycles. The molecular weight excluding hydrogens is 250 g/mol. The molecule has 104 valence electrons. The first-order valence-electron chi connectivity index (χ1n) is 5.95. The van der Waals surface area contributed by atoms with Gasteiger partial charge >= 0.3 is 11.9 Å². The van der Waals surface area contributed by atoms with E-state index in [9.17, 15) is 9.59 Å². The van der Waals surface area contributed by atoms with Gasteiger partial charge in [-0.1, -0.05) is 13.8 Å². The van der Waals surface area contributed by atoms with Crippen molar-refractivity contribution < 1.29 is 24.2 Å². The Bertz CT molecular complexity index is 427. The number of aromatic carboxylic acids is 1. The Labute approximate surface area is 111 Å². The summed E-state index contributed by atoms with van der Waals surface area (Å²) >= 11 is 0. The summed E-state index contributed by atoms with van der Waals surface area (Å²) in [6, 6.07) is 2.63. The molecule has 1 aromatic heterocycles. The minimum Gasteiger partial charge on any atom is -0.478 e. The van der Waals surface area contributed by atoms with Gasteiger partial charge in [0.05, 0.1) is 12.2 Å². The van der Waals surface area contributed by atoms with E-state index in [1.54, 1.807) is 0 Å². The van der Waals surface area contributed by atoms with Crippen LogP contribution in [0.25, 0.3) is 0 Å². The molecule has 0 fully saturated rings. The lowest BCUT2D eigenvalue weighted by molar-refractivity contribution is 0.0272. The topological polar surface area (TPSA) is 85.7 Å². The lowest BCUT2D eigenvalue weighted by Crippen LogP contribution is -2.14. The smallest absolute Gasteiger partial charge is 0.356 e. The number of rotatable bonds is 7. The second-order valence-electron chi connectivity index (χ2n) is 4.34. The van der Waals surface area contributed by atoms with E-state index in [0.29, 0.717) is 19.1 Å². The molecule has 0 saturated heterocycles. The van der Waals surface area contributed by atoms with Crippen molar-refractivity contribution in [1.29, 1.82) is 0 Å². The molecule has 0 amide bonds. The summed E-state index contributed by atoms with van der Waals surface area (Å²) in [5.41, 5.74) is 0.102. The summed E-state index contributed by atoms with van der Waals surface area (Å²) in [6.45, 7) is 5.15. The number of carbonyl (C=O) groups excluding carboxylic acids is 1. The largest absolute Gasteiger partial charge is 0.478 e. The molecule has 0 radical (unpaired) electrons. The maximum atomic E-state index is 11.5. The number of carboxylic acids is 1. The number of pyridine rings is 1. The second-order valence-corrected chi connectivity index (χ2v) is 4.34. The van der Waals surface area contributed by atoms with Crippen molar-refractivity contribution in [1.82, 2.24) is 4.98 Å². The third-order valence-electron chi connectivity index (χ3n) is 2.13. The van der Waals surface area contributed by atoms with Crippen LogP contribution in [0.15, 0.2) is 18.3 Å². The SMILES string of the molecule is CC(C)COCCOC(=O)c1ccc(C(=O)O)cn1. The van der Waals surface area contributed by atoms with Crippen LogP contribution in [0.4, 0.5) is 0 Å². The van der Waals surface area contributed by atoms with Crippen LogP contribution < -0.4 is 0 Å². The third kappa shape index (κ3) is 5.48. The lowest BCUT2D eigenvalue weighted by atomic mass is 10.2. The number of esters is 1. The molecule has 0 atom stereocenters. The van der Waals surface area contributed by atoms with Crippen molar-refractivity contribution in [2.45, 2.75) is 13.8 Å². The van der Waals surface area contributed by atoms with E-state index in [0.717, 1.165) is 6.20 Å². The predicted molar refractivity (Wildman–Crippen MR) is 67.1 cm³/mol. The van der Waals surface area contributed by atoms with Crippen LogP contribution in [0.5, 0.6) is 0 Å². The van der Waals surface area contributed by atoms with E-state index in [2.05, 4.69) is 4.98 Å². The Morgan fingerprint density at radius 3 is 2.58 bits per heavy atom. The zero-order valence-electron chi connectivity index (χ0n) is 11.0. The second kappa shape index (κ2) is 7.48. The van der Waals surface area contributed by atoms with E-state index in [1.165, 1.54) is 12.1 Å². The molecule has 0 spiro atoms. The quantitative estimate of drug-likeness (QED) is 0.596. The van der Waals surface area contributed by atoms with Gasteiger partial charge in [-0.25, -0.2) is 14.6 Å². The number of hydrogen-bond donors (Lipinski definition) is 1. The molecule has 6 heteroatoms. The number of hydrogen-bond acceptors (Lipinski definition) is 5. The highest BCUT2D eigenvalue weighted by atomic mass is 16.6. The third-order valence-corrected chi connectivity index (χ3v) is 2.13. The molecule has 1 rings (SSSR count). The molecule has 0 aliphatic heterocycles. The first-order valence-corrected chi connectivity index (χ1v) is 5.95. The van der Waals surface area contributed by atoms with Gasteiger partial charge in [0.25, 0.3) is 0 Å². The van der Waals surface area contributed by atoms with E-state index >= 15 is 0 Å². The van der Waals surface area contributed by atoms with Crippen molar-refractivity contribution >= 4 is 11.9 Å². The number of aromatic nitrogens is 1. The number of ether oxygens (including phenoxy) is 2. The van der Waals surface area contributed by atoms with Crippen molar-refractivity contribution in [2.75, 3.05) is 19.8 Å². The maximum absolute atomic E-state index is 11.5. The summed E-state index contributed by atoms with van der Waals surface area (Å²) in [5, 5.41) is 8.69. The maximum Gasteiger partial charge on any atom is 0.356 e. The van der Waals surface area contributed by atoms with Crippen molar-refractivity contribution in [3.05, 3.63) is 29.6 Å². The average molecular weight is 267 g/mol. The Morgan fingerprint density at radius 2 is 2.05 bits per heavy atom. The minimum absolute atomic E-state index is 0.0248. The molecule has 1 N–H and O–H groups in total. The lowest BCUT2D eigenvalue weighted by Gasteiger charge is -2.07. The Kier molecular flexibility index (Phi) is 5.95. The predicted octanol–water partition coefficient (Wildman–Crippen LogP) is 1.61.